The molecule has 2 heterocycles. The van der Waals surface area contributed by atoms with Crippen molar-refractivity contribution in [2.75, 3.05) is 7.11 Å². The number of aryl methyl sites for hydroxylation is 2. The van der Waals surface area contributed by atoms with Crippen LogP contribution in [0.25, 0.3) is 0 Å². The smallest absolute Gasteiger partial charge is 0.237 e. The molecule has 0 spiro atoms. The van der Waals surface area contributed by atoms with Gasteiger partial charge >= 0.3 is 0 Å². The van der Waals surface area contributed by atoms with E-state index >= 15 is 0 Å². The molecule has 1 aliphatic carbocycles. The van der Waals surface area contributed by atoms with Crippen molar-refractivity contribution in [2.24, 2.45) is 5.84 Å². The van der Waals surface area contributed by atoms with Crippen LogP contribution in [-0.4, -0.2) is 17.1 Å². The number of hydrazine groups is 1. The molecule has 3 rings (SSSR count). The fourth-order valence-corrected chi connectivity index (χ4v) is 3.80. The van der Waals surface area contributed by atoms with Crippen molar-refractivity contribution < 1.29 is 4.74 Å². The van der Waals surface area contributed by atoms with Crippen LogP contribution in [0.5, 0.6) is 5.88 Å². The lowest BCUT2D eigenvalue weighted by atomic mass is 10.1. The Morgan fingerprint density at radius 3 is 2.95 bits per heavy atom. The van der Waals surface area contributed by atoms with Crippen LogP contribution in [0.3, 0.4) is 0 Å². The van der Waals surface area contributed by atoms with E-state index in [0.29, 0.717) is 5.88 Å². The Morgan fingerprint density at radius 1 is 1.37 bits per heavy atom. The molecule has 0 fully saturated rings. The van der Waals surface area contributed by atoms with Gasteiger partial charge in [0.25, 0.3) is 0 Å². The Balaban J connectivity index is 1.99. The lowest BCUT2D eigenvalue weighted by molar-refractivity contribution is 0.383. The van der Waals surface area contributed by atoms with Crippen LogP contribution in [0.4, 0.5) is 0 Å². The second kappa shape index (κ2) is 5.24. The molecule has 19 heavy (non-hydrogen) atoms. The molecule has 0 saturated carbocycles. The second-order valence-corrected chi connectivity index (χ2v) is 5.67. The maximum absolute atomic E-state index is 5.71. The SMILES string of the molecule is COc1nccnc1C(NN)c1cc2c(s1)CCC2. The summed E-state index contributed by atoms with van der Waals surface area (Å²) in [5.74, 6) is 6.23. The summed E-state index contributed by atoms with van der Waals surface area (Å²) in [6.45, 7) is 0. The van der Waals surface area contributed by atoms with Gasteiger partial charge in [-0.15, -0.1) is 11.3 Å². The van der Waals surface area contributed by atoms with Gasteiger partial charge in [-0.2, -0.15) is 0 Å². The van der Waals surface area contributed by atoms with Crippen molar-refractivity contribution in [2.45, 2.75) is 25.3 Å². The zero-order valence-corrected chi connectivity index (χ0v) is 11.5. The third-order valence-electron chi connectivity index (χ3n) is 3.37. The fourth-order valence-electron chi connectivity index (χ4n) is 2.48. The normalized spacial score (nSPS) is 15.3. The highest BCUT2D eigenvalue weighted by Crippen LogP contribution is 2.36. The Kier molecular flexibility index (Phi) is 3.46. The summed E-state index contributed by atoms with van der Waals surface area (Å²) < 4.78 is 5.26. The van der Waals surface area contributed by atoms with Crippen LogP contribution in [0, 0.1) is 0 Å². The largest absolute Gasteiger partial charge is 0.480 e. The Bertz CT molecular complexity index is 562. The van der Waals surface area contributed by atoms with Gasteiger partial charge in [0, 0.05) is 22.1 Å². The van der Waals surface area contributed by atoms with Crippen molar-refractivity contribution in [3.63, 3.8) is 0 Å². The molecular formula is C13H16N4OS. The molecule has 3 N–H and O–H groups in total. The number of hydrogen-bond donors (Lipinski definition) is 2. The van der Waals surface area contributed by atoms with Crippen LogP contribution in [0.1, 0.15) is 33.5 Å². The molecule has 0 amide bonds. The topological polar surface area (TPSA) is 73.1 Å². The molecule has 0 radical (unpaired) electrons. The van der Waals surface area contributed by atoms with Crippen LogP contribution >= 0.6 is 11.3 Å². The van der Waals surface area contributed by atoms with E-state index in [1.165, 1.54) is 34.6 Å². The van der Waals surface area contributed by atoms with Crippen molar-refractivity contribution in [3.05, 3.63) is 39.5 Å². The standard InChI is InChI=1S/C13H16N4OS/c1-18-13-12(15-5-6-16-13)11(17-14)10-7-8-3-2-4-9(8)19-10/h5-7,11,17H,2-4,14H2,1H3. The fraction of sp³-hybridized carbons (Fsp3) is 0.385. The van der Waals surface area contributed by atoms with E-state index in [1.807, 2.05) is 0 Å². The first-order valence-corrected chi connectivity index (χ1v) is 7.07. The van der Waals surface area contributed by atoms with Crippen LogP contribution < -0.4 is 16.0 Å². The molecular weight excluding hydrogens is 260 g/mol. The van der Waals surface area contributed by atoms with E-state index < -0.39 is 0 Å². The summed E-state index contributed by atoms with van der Waals surface area (Å²) in [6, 6.07) is 2.06. The average molecular weight is 276 g/mol. The van der Waals surface area contributed by atoms with E-state index in [-0.39, 0.29) is 6.04 Å². The van der Waals surface area contributed by atoms with Crippen LogP contribution in [-0.2, 0) is 12.8 Å². The van der Waals surface area contributed by atoms with E-state index in [9.17, 15) is 0 Å². The van der Waals surface area contributed by atoms with Crippen molar-refractivity contribution in [1.82, 2.24) is 15.4 Å². The number of nitrogens with one attached hydrogen (secondary N) is 1. The monoisotopic (exact) mass is 276 g/mol. The highest BCUT2D eigenvalue weighted by atomic mass is 32.1. The molecule has 2 aromatic rings. The van der Waals surface area contributed by atoms with Gasteiger partial charge in [-0.1, -0.05) is 0 Å². The van der Waals surface area contributed by atoms with E-state index in [2.05, 4.69) is 21.5 Å². The summed E-state index contributed by atoms with van der Waals surface area (Å²) in [7, 11) is 1.59. The summed E-state index contributed by atoms with van der Waals surface area (Å²) in [6.07, 6.45) is 6.88. The Hall–Kier alpha value is -1.50. The van der Waals surface area contributed by atoms with Gasteiger partial charge in [0.1, 0.15) is 11.7 Å². The number of nitrogens with two attached hydrogens (primary N) is 1. The van der Waals surface area contributed by atoms with Crippen LogP contribution in [0.2, 0.25) is 0 Å². The summed E-state index contributed by atoms with van der Waals surface area (Å²) in [5, 5.41) is 0. The van der Waals surface area contributed by atoms with Crippen molar-refractivity contribution in [1.29, 1.82) is 0 Å². The number of fused-ring (bicyclic) bond motifs is 1. The summed E-state index contributed by atoms with van der Waals surface area (Å²) >= 11 is 1.80. The zero-order valence-electron chi connectivity index (χ0n) is 10.7. The lowest BCUT2D eigenvalue weighted by Crippen LogP contribution is -2.29. The second-order valence-electron chi connectivity index (χ2n) is 4.50. The predicted molar refractivity (Wildman–Crippen MR) is 74.1 cm³/mol. The molecule has 0 aromatic carbocycles. The molecule has 2 aromatic heterocycles. The summed E-state index contributed by atoms with van der Waals surface area (Å²) in [4.78, 5) is 11.2. The highest BCUT2D eigenvalue weighted by molar-refractivity contribution is 7.12. The lowest BCUT2D eigenvalue weighted by Gasteiger charge is -2.15. The number of methoxy groups -OCH3 is 1. The first-order valence-electron chi connectivity index (χ1n) is 6.26. The van der Waals surface area contributed by atoms with E-state index in [4.69, 9.17) is 10.6 Å². The quantitative estimate of drug-likeness (QED) is 0.655. The van der Waals surface area contributed by atoms with Crippen molar-refractivity contribution in [3.8, 4) is 5.88 Å². The molecule has 100 valence electrons. The first-order chi connectivity index (χ1) is 9.33. The molecule has 0 saturated heterocycles. The molecule has 0 bridgehead atoms. The molecule has 1 unspecified atom stereocenters. The van der Waals surface area contributed by atoms with Gasteiger partial charge in [0.05, 0.1) is 7.11 Å². The van der Waals surface area contributed by atoms with E-state index in [1.54, 1.807) is 30.8 Å². The minimum atomic E-state index is -0.167. The van der Waals surface area contributed by atoms with Gasteiger partial charge in [-0.3, -0.25) is 10.8 Å². The maximum atomic E-state index is 5.71. The molecule has 0 aliphatic heterocycles. The predicted octanol–water partition coefficient (Wildman–Crippen LogP) is 1.59. The number of aromatic nitrogens is 2. The van der Waals surface area contributed by atoms with Gasteiger partial charge in [0.15, 0.2) is 0 Å². The number of ether oxygens (including phenoxy) is 1. The van der Waals surface area contributed by atoms with Gasteiger partial charge in [-0.25, -0.2) is 10.4 Å². The van der Waals surface area contributed by atoms with Gasteiger partial charge < -0.3 is 4.74 Å². The molecule has 1 aliphatic rings. The zero-order chi connectivity index (χ0) is 13.2. The Labute approximate surface area is 115 Å². The third kappa shape index (κ3) is 2.22. The maximum Gasteiger partial charge on any atom is 0.237 e. The number of rotatable bonds is 4. The minimum Gasteiger partial charge on any atom is -0.480 e. The van der Waals surface area contributed by atoms with Gasteiger partial charge in [-0.05, 0) is 30.9 Å². The average Bonchev–Trinajstić information content (AvgIpc) is 3.01. The number of nitrogens with zero attached hydrogens (tertiary/aromatic N) is 2. The Morgan fingerprint density at radius 2 is 2.21 bits per heavy atom. The van der Waals surface area contributed by atoms with Crippen molar-refractivity contribution >= 4 is 11.3 Å². The van der Waals surface area contributed by atoms with E-state index in [0.717, 1.165) is 5.69 Å². The minimum absolute atomic E-state index is 0.167. The highest BCUT2D eigenvalue weighted by Gasteiger charge is 2.24. The molecule has 1 atom stereocenters. The molecule has 5 nitrogen and oxygen atoms in total. The first kappa shape index (κ1) is 12.5. The summed E-state index contributed by atoms with van der Waals surface area (Å²) in [5.41, 5.74) is 5.00. The molecule has 6 heteroatoms. The number of thiophene rings is 1. The van der Waals surface area contributed by atoms with Gasteiger partial charge in [0.2, 0.25) is 5.88 Å². The number of hydrogen-bond acceptors (Lipinski definition) is 6. The van der Waals surface area contributed by atoms with Crippen LogP contribution in [0.15, 0.2) is 18.5 Å². The third-order valence-corrected chi connectivity index (χ3v) is 4.68.